The zero-order valence-electron chi connectivity index (χ0n) is 13.0. The van der Waals surface area contributed by atoms with Crippen molar-refractivity contribution in [2.24, 2.45) is 0 Å². The van der Waals surface area contributed by atoms with E-state index in [0.29, 0.717) is 0 Å². The van der Waals surface area contributed by atoms with Crippen molar-refractivity contribution in [1.82, 2.24) is 0 Å². The Labute approximate surface area is 148 Å². The molecule has 2 unspecified atom stereocenters. The minimum atomic E-state index is -1.62. The molecule has 5 rings (SSSR count). The standard InChI is InChI=1S/C18H17NO3S2/c20-24-21-15-9-5-8-14(18(15)22-24)19-12-6-1-3-10-16(12)23-17-11-4-2-7-13(17)19/h1-4,6-7,10-11,14-15,18H,5,8-9H2/t14?,15-,18+,24?/m0/s1. The molecule has 24 heavy (non-hydrogen) atoms. The fourth-order valence-corrected chi connectivity index (χ4v) is 5.87. The van der Waals surface area contributed by atoms with Gasteiger partial charge in [-0.15, -0.1) is 0 Å². The number of fused-ring (bicyclic) bond motifs is 3. The first-order valence-corrected chi connectivity index (χ1v) is 10.0. The van der Waals surface area contributed by atoms with E-state index in [2.05, 4.69) is 53.4 Å². The van der Waals surface area contributed by atoms with E-state index in [1.54, 1.807) is 11.8 Å². The second kappa shape index (κ2) is 5.88. The van der Waals surface area contributed by atoms with Crippen LogP contribution in [0.3, 0.4) is 0 Å². The zero-order valence-corrected chi connectivity index (χ0v) is 14.6. The van der Waals surface area contributed by atoms with Crippen LogP contribution >= 0.6 is 11.8 Å². The molecular weight excluding hydrogens is 342 g/mol. The van der Waals surface area contributed by atoms with Gasteiger partial charge < -0.3 is 4.90 Å². The molecule has 4 nitrogen and oxygen atoms in total. The van der Waals surface area contributed by atoms with Gasteiger partial charge in [-0.3, -0.25) is 8.37 Å². The predicted molar refractivity (Wildman–Crippen MR) is 94.7 cm³/mol. The summed E-state index contributed by atoms with van der Waals surface area (Å²) >= 11 is 0.187. The molecule has 1 saturated carbocycles. The number of hydrogen-bond donors (Lipinski definition) is 0. The van der Waals surface area contributed by atoms with Crippen LogP contribution in [0.15, 0.2) is 58.3 Å². The predicted octanol–water partition coefficient (Wildman–Crippen LogP) is 4.20. The molecule has 2 heterocycles. The second-order valence-corrected chi connectivity index (χ2v) is 8.18. The molecule has 3 aliphatic rings. The average molecular weight is 359 g/mol. The van der Waals surface area contributed by atoms with E-state index in [4.69, 9.17) is 8.37 Å². The molecule has 0 amide bonds. The minimum absolute atomic E-state index is 0.0708. The van der Waals surface area contributed by atoms with Gasteiger partial charge in [-0.05, 0) is 43.5 Å². The fourth-order valence-electron chi connectivity index (χ4n) is 3.91. The van der Waals surface area contributed by atoms with E-state index in [1.807, 2.05) is 0 Å². The largest absolute Gasteiger partial charge is 0.334 e. The van der Waals surface area contributed by atoms with Crippen LogP contribution < -0.4 is 4.90 Å². The Balaban J connectivity index is 1.63. The van der Waals surface area contributed by atoms with Gasteiger partial charge in [0.2, 0.25) is 0 Å². The third-order valence-electron chi connectivity index (χ3n) is 4.93. The van der Waals surface area contributed by atoms with Crippen molar-refractivity contribution >= 4 is 34.5 Å². The van der Waals surface area contributed by atoms with Gasteiger partial charge in [0.1, 0.15) is 12.2 Å². The van der Waals surface area contributed by atoms with Crippen molar-refractivity contribution < 1.29 is 12.6 Å². The minimum Gasteiger partial charge on any atom is -0.334 e. The van der Waals surface area contributed by atoms with Crippen LogP contribution in [-0.4, -0.2) is 22.5 Å². The molecule has 0 N–H and O–H groups in total. The molecule has 2 aromatic rings. The number of para-hydroxylation sites is 2. The lowest BCUT2D eigenvalue weighted by molar-refractivity contribution is 0.0917. The lowest BCUT2D eigenvalue weighted by Gasteiger charge is -2.43. The van der Waals surface area contributed by atoms with Crippen LogP contribution in [-0.2, 0) is 19.7 Å². The van der Waals surface area contributed by atoms with Crippen molar-refractivity contribution in [3.05, 3.63) is 48.5 Å². The smallest absolute Gasteiger partial charge is 0.305 e. The van der Waals surface area contributed by atoms with Crippen LogP contribution in [0.2, 0.25) is 0 Å². The molecule has 0 radical (unpaired) electrons. The van der Waals surface area contributed by atoms with Crippen molar-refractivity contribution in [2.45, 2.75) is 47.3 Å². The molecule has 4 atom stereocenters. The molecule has 0 spiro atoms. The van der Waals surface area contributed by atoms with Gasteiger partial charge in [0.25, 0.3) is 0 Å². The molecule has 6 heteroatoms. The van der Waals surface area contributed by atoms with Gasteiger partial charge in [-0.1, -0.05) is 36.0 Å². The SMILES string of the molecule is O=S1O[C@H]2CCCC(N3c4ccccc4Sc4ccccc43)[C@H]2O1. The fraction of sp³-hybridized carbons (Fsp3) is 0.333. The number of anilines is 2. The maximum Gasteiger partial charge on any atom is 0.305 e. The maximum atomic E-state index is 11.8. The summed E-state index contributed by atoms with van der Waals surface area (Å²) < 4.78 is 22.9. The second-order valence-electron chi connectivity index (χ2n) is 6.31. The summed E-state index contributed by atoms with van der Waals surface area (Å²) in [5.74, 6) is 0. The Morgan fingerprint density at radius 1 is 0.958 bits per heavy atom. The zero-order chi connectivity index (χ0) is 16.1. The summed E-state index contributed by atoms with van der Waals surface area (Å²) in [6, 6.07) is 17.1. The van der Waals surface area contributed by atoms with E-state index >= 15 is 0 Å². The molecule has 2 fully saturated rings. The highest BCUT2D eigenvalue weighted by atomic mass is 32.2. The van der Waals surface area contributed by atoms with Crippen molar-refractivity contribution in [3.63, 3.8) is 0 Å². The number of benzene rings is 2. The molecule has 0 aromatic heterocycles. The first-order valence-electron chi connectivity index (χ1n) is 8.22. The van der Waals surface area contributed by atoms with Crippen molar-refractivity contribution in [3.8, 4) is 0 Å². The monoisotopic (exact) mass is 359 g/mol. The molecule has 2 aliphatic heterocycles. The lowest BCUT2D eigenvalue weighted by Crippen LogP contribution is -2.49. The van der Waals surface area contributed by atoms with Gasteiger partial charge in [0.05, 0.1) is 17.4 Å². The van der Waals surface area contributed by atoms with Crippen LogP contribution in [0.4, 0.5) is 11.4 Å². The Kier molecular flexibility index (Phi) is 3.66. The number of nitrogens with zero attached hydrogens (tertiary/aromatic N) is 1. The highest BCUT2D eigenvalue weighted by Crippen LogP contribution is 2.51. The van der Waals surface area contributed by atoms with Gasteiger partial charge >= 0.3 is 11.4 Å². The van der Waals surface area contributed by atoms with Gasteiger partial charge in [0, 0.05) is 9.79 Å². The summed E-state index contributed by atoms with van der Waals surface area (Å²) in [6.07, 6.45) is 2.76. The molecular formula is C18H17NO3S2. The Morgan fingerprint density at radius 3 is 2.33 bits per heavy atom. The summed E-state index contributed by atoms with van der Waals surface area (Å²) in [6.45, 7) is 0. The van der Waals surface area contributed by atoms with Crippen LogP contribution in [0.25, 0.3) is 0 Å². The summed E-state index contributed by atoms with van der Waals surface area (Å²) in [5, 5.41) is 0. The first-order chi connectivity index (χ1) is 11.8. The molecule has 1 aliphatic carbocycles. The van der Waals surface area contributed by atoms with E-state index in [-0.39, 0.29) is 18.2 Å². The topological polar surface area (TPSA) is 38.8 Å². The Bertz CT molecular complexity index is 767. The molecule has 1 saturated heterocycles. The van der Waals surface area contributed by atoms with Crippen LogP contribution in [0.1, 0.15) is 19.3 Å². The Hall–Kier alpha value is -1.34. The van der Waals surface area contributed by atoms with E-state index < -0.39 is 11.4 Å². The van der Waals surface area contributed by atoms with Gasteiger partial charge in [-0.25, -0.2) is 0 Å². The van der Waals surface area contributed by atoms with E-state index in [0.717, 1.165) is 19.3 Å². The third-order valence-corrected chi connectivity index (χ3v) is 6.84. The summed E-state index contributed by atoms with van der Waals surface area (Å²) in [5.41, 5.74) is 2.40. The summed E-state index contributed by atoms with van der Waals surface area (Å²) in [7, 11) is 0. The molecule has 0 bridgehead atoms. The summed E-state index contributed by atoms with van der Waals surface area (Å²) in [4.78, 5) is 4.88. The first kappa shape index (κ1) is 15.0. The molecule has 124 valence electrons. The average Bonchev–Trinajstić information content (AvgIpc) is 3.00. The molecule has 2 aromatic carbocycles. The lowest BCUT2D eigenvalue weighted by atomic mass is 9.88. The number of hydrogen-bond acceptors (Lipinski definition) is 5. The van der Waals surface area contributed by atoms with Crippen molar-refractivity contribution in [1.29, 1.82) is 0 Å². The van der Waals surface area contributed by atoms with E-state index in [9.17, 15) is 4.21 Å². The Morgan fingerprint density at radius 2 is 1.62 bits per heavy atom. The van der Waals surface area contributed by atoms with Gasteiger partial charge in [0.15, 0.2) is 0 Å². The number of rotatable bonds is 1. The van der Waals surface area contributed by atoms with E-state index in [1.165, 1.54) is 21.2 Å². The van der Waals surface area contributed by atoms with Crippen LogP contribution in [0, 0.1) is 0 Å². The van der Waals surface area contributed by atoms with Crippen LogP contribution in [0.5, 0.6) is 0 Å². The van der Waals surface area contributed by atoms with Gasteiger partial charge in [-0.2, -0.15) is 4.21 Å². The maximum absolute atomic E-state index is 11.8. The van der Waals surface area contributed by atoms with Crippen molar-refractivity contribution in [2.75, 3.05) is 4.90 Å². The quantitative estimate of drug-likeness (QED) is 0.763. The normalized spacial score (nSPS) is 31.2. The highest BCUT2D eigenvalue weighted by molar-refractivity contribution is 7.99. The third kappa shape index (κ3) is 2.32. The highest BCUT2D eigenvalue weighted by Gasteiger charge is 2.47.